The van der Waals surface area contributed by atoms with E-state index in [1.54, 1.807) is 0 Å². The number of fused-ring (bicyclic) bond motifs is 5. The molecule has 0 amide bonds. The highest BCUT2D eigenvalue weighted by Gasteiger charge is 2.60. The predicted molar refractivity (Wildman–Crippen MR) is 122 cm³/mol. The summed E-state index contributed by atoms with van der Waals surface area (Å²) in [5, 5.41) is 10.3. The molecule has 29 heavy (non-hydrogen) atoms. The Kier molecular flexibility index (Phi) is 6.01. The van der Waals surface area contributed by atoms with Crippen LogP contribution in [0.15, 0.2) is 11.6 Å². The van der Waals surface area contributed by atoms with Crippen LogP contribution in [0, 0.1) is 46.3 Å². The molecule has 4 aliphatic rings. The van der Waals surface area contributed by atoms with Crippen molar-refractivity contribution < 1.29 is 5.11 Å². The van der Waals surface area contributed by atoms with Gasteiger partial charge in [0, 0.05) is 6.04 Å². The van der Waals surface area contributed by atoms with Gasteiger partial charge in [0.2, 0.25) is 0 Å². The second-order valence-electron chi connectivity index (χ2n) is 12.4. The molecule has 0 aromatic carbocycles. The zero-order valence-corrected chi connectivity index (χ0v) is 19.8. The maximum Gasteiger partial charge on any atom is 0.0577 e. The van der Waals surface area contributed by atoms with Crippen LogP contribution in [0.1, 0.15) is 98.8 Å². The van der Waals surface area contributed by atoms with Crippen molar-refractivity contribution in [3.8, 4) is 0 Å². The van der Waals surface area contributed by atoms with E-state index in [9.17, 15) is 5.11 Å². The fraction of sp³-hybridized carbons (Fsp3) is 0.926. The first-order valence-corrected chi connectivity index (χ1v) is 12.8. The largest absolute Gasteiger partial charge is 0.393 e. The molecule has 9 atom stereocenters. The van der Waals surface area contributed by atoms with Crippen LogP contribution in [0.2, 0.25) is 0 Å². The minimum absolute atomic E-state index is 0.144. The van der Waals surface area contributed by atoms with E-state index < -0.39 is 0 Å². The van der Waals surface area contributed by atoms with Crippen LogP contribution in [0.5, 0.6) is 0 Å². The first-order chi connectivity index (χ1) is 13.7. The fourth-order valence-corrected chi connectivity index (χ4v) is 8.74. The number of aliphatic hydroxyl groups excluding tert-OH is 1. The molecule has 0 radical (unpaired) electrons. The van der Waals surface area contributed by atoms with Crippen LogP contribution >= 0.6 is 0 Å². The van der Waals surface area contributed by atoms with Gasteiger partial charge in [0.05, 0.1) is 6.10 Å². The third kappa shape index (κ3) is 3.65. The van der Waals surface area contributed by atoms with Crippen LogP contribution in [0.3, 0.4) is 0 Å². The van der Waals surface area contributed by atoms with Crippen LogP contribution in [-0.2, 0) is 0 Å². The molecule has 0 aliphatic heterocycles. The van der Waals surface area contributed by atoms with Gasteiger partial charge in [-0.1, -0.05) is 65.5 Å². The van der Waals surface area contributed by atoms with Crippen molar-refractivity contribution >= 4 is 0 Å². The smallest absolute Gasteiger partial charge is 0.0577 e. The second-order valence-corrected chi connectivity index (χ2v) is 12.4. The Bertz CT molecular complexity index is 626. The van der Waals surface area contributed by atoms with E-state index in [-0.39, 0.29) is 12.1 Å². The lowest BCUT2D eigenvalue weighted by Gasteiger charge is -2.60. The molecule has 3 saturated carbocycles. The van der Waals surface area contributed by atoms with Crippen molar-refractivity contribution in [3.05, 3.63) is 11.6 Å². The Morgan fingerprint density at radius 1 is 1.03 bits per heavy atom. The van der Waals surface area contributed by atoms with Crippen molar-refractivity contribution in [2.75, 3.05) is 0 Å². The minimum Gasteiger partial charge on any atom is -0.393 e. The summed E-state index contributed by atoms with van der Waals surface area (Å²) in [6.45, 7) is 12.4. The lowest BCUT2D eigenvalue weighted by atomic mass is 9.46. The lowest BCUT2D eigenvalue weighted by Crippen LogP contribution is -2.56. The third-order valence-electron chi connectivity index (χ3n) is 10.4. The summed E-state index contributed by atoms with van der Waals surface area (Å²) < 4.78 is 0. The van der Waals surface area contributed by atoms with E-state index >= 15 is 0 Å². The molecule has 0 unspecified atom stereocenters. The van der Waals surface area contributed by atoms with Crippen LogP contribution in [0.4, 0.5) is 0 Å². The molecule has 166 valence electrons. The quantitative estimate of drug-likeness (QED) is 0.529. The van der Waals surface area contributed by atoms with Crippen molar-refractivity contribution in [2.45, 2.75) is 111 Å². The van der Waals surface area contributed by atoms with E-state index in [1.165, 1.54) is 50.5 Å². The van der Waals surface area contributed by atoms with E-state index in [1.807, 2.05) is 0 Å². The monoisotopic (exact) mass is 401 g/mol. The summed E-state index contributed by atoms with van der Waals surface area (Å²) >= 11 is 0. The molecule has 2 nitrogen and oxygen atoms in total. The van der Waals surface area contributed by atoms with Gasteiger partial charge >= 0.3 is 0 Å². The maximum absolute atomic E-state index is 10.3. The van der Waals surface area contributed by atoms with Crippen molar-refractivity contribution in [1.29, 1.82) is 0 Å². The Balaban J connectivity index is 1.54. The first kappa shape index (κ1) is 21.9. The molecule has 0 bridgehead atoms. The van der Waals surface area contributed by atoms with E-state index in [0.717, 1.165) is 48.9 Å². The summed E-state index contributed by atoms with van der Waals surface area (Å²) in [4.78, 5) is 0. The van der Waals surface area contributed by atoms with Crippen molar-refractivity contribution in [1.82, 2.24) is 0 Å². The third-order valence-corrected chi connectivity index (χ3v) is 10.4. The predicted octanol–water partition coefficient (Wildman–Crippen LogP) is 6.33. The topological polar surface area (TPSA) is 46.2 Å². The van der Waals surface area contributed by atoms with Gasteiger partial charge in [0.15, 0.2) is 0 Å². The highest BCUT2D eigenvalue weighted by Crippen LogP contribution is 2.67. The van der Waals surface area contributed by atoms with Gasteiger partial charge in [-0.25, -0.2) is 0 Å². The molecule has 0 aromatic heterocycles. The molecular weight excluding hydrogens is 354 g/mol. The normalized spacial score (nSPS) is 47.9. The van der Waals surface area contributed by atoms with Gasteiger partial charge < -0.3 is 10.8 Å². The molecule has 0 saturated heterocycles. The molecule has 0 aromatic rings. The van der Waals surface area contributed by atoms with Crippen LogP contribution < -0.4 is 5.73 Å². The molecule has 4 rings (SSSR count). The van der Waals surface area contributed by atoms with Gasteiger partial charge in [-0.2, -0.15) is 0 Å². The van der Waals surface area contributed by atoms with Crippen molar-refractivity contribution in [2.24, 2.45) is 52.1 Å². The maximum atomic E-state index is 10.3. The summed E-state index contributed by atoms with van der Waals surface area (Å²) in [6.07, 6.45) is 15.0. The van der Waals surface area contributed by atoms with Gasteiger partial charge in [-0.15, -0.1) is 0 Å². The summed E-state index contributed by atoms with van der Waals surface area (Å²) in [7, 11) is 0. The second kappa shape index (κ2) is 7.97. The molecule has 0 heterocycles. The average Bonchev–Trinajstić information content (AvgIpc) is 3.00. The lowest BCUT2D eigenvalue weighted by molar-refractivity contribution is -0.0632. The Morgan fingerprint density at radius 3 is 2.52 bits per heavy atom. The van der Waals surface area contributed by atoms with Gasteiger partial charge in [0.25, 0.3) is 0 Å². The zero-order valence-electron chi connectivity index (χ0n) is 19.8. The van der Waals surface area contributed by atoms with Gasteiger partial charge in [0.1, 0.15) is 0 Å². The summed E-state index contributed by atoms with van der Waals surface area (Å²) in [5.41, 5.74) is 9.17. The Morgan fingerprint density at radius 2 is 1.79 bits per heavy atom. The highest BCUT2D eigenvalue weighted by molar-refractivity contribution is 5.28. The fourth-order valence-electron chi connectivity index (χ4n) is 8.74. The van der Waals surface area contributed by atoms with Gasteiger partial charge in [-0.05, 0) is 91.3 Å². The Hall–Kier alpha value is -0.340. The summed E-state index contributed by atoms with van der Waals surface area (Å²) in [5.74, 6) is 4.77. The number of rotatable bonds is 5. The van der Waals surface area contributed by atoms with E-state index in [4.69, 9.17) is 5.73 Å². The van der Waals surface area contributed by atoms with Gasteiger partial charge in [-0.3, -0.25) is 0 Å². The van der Waals surface area contributed by atoms with Crippen LogP contribution in [-0.4, -0.2) is 17.3 Å². The first-order valence-electron chi connectivity index (χ1n) is 12.8. The number of aliphatic hydroxyl groups is 1. The van der Waals surface area contributed by atoms with E-state index in [0.29, 0.717) is 16.7 Å². The average molecular weight is 402 g/mol. The molecular formula is C27H47NO. The minimum atomic E-state index is -0.144. The Labute approximate surface area is 180 Å². The summed E-state index contributed by atoms with van der Waals surface area (Å²) in [6, 6.07) is 0.202. The van der Waals surface area contributed by atoms with Crippen LogP contribution in [0.25, 0.3) is 0 Å². The molecule has 4 aliphatic carbocycles. The van der Waals surface area contributed by atoms with E-state index in [2.05, 4.69) is 40.7 Å². The standard InChI is InChI=1S/C27H47NO/c1-17(2)7-6-8-18(3)21-9-10-22-25-23(12-14-27(21,22)5)26(4)13-11-20(29)15-19(26)16-24(25)28/h16-18,20-25,29H,6-15,28H2,1-5H3/t18-,20+,21+,22-,23-,24-,25-,26+,27-/m1/s1. The number of nitrogens with two attached hydrogens (primary N) is 1. The van der Waals surface area contributed by atoms with Crippen molar-refractivity contribution in [3.63, 3.8) is 0 Å². The SMILES string of the molecule is CC(C)CCC[C@@H](C)[C@@H]1CC[C@@H]2[C@H]3[C@H](N)C=C4C[C@@H](O)CC[C@]4(C)[C@@H]3CC[C@@]21C. The number of hydrogen-bond acceptors (Lipinski definition) is 2. The zero-order chi connectivity index (χ0) is 21.0. The highest BCUT2D eigenvalue weighted by atomic mass is 16.3. The number of hydrogen-bond donors (Lipinski definition) is 2. The molecule has 2 heteroatoms. The molecule has 0 spiro atoms. The molecule has 3 N–H and O–H groups in total. The molecule has 3 fully saturated rings.